The van der Waals surface area contributed by atoms with Crippen LogP contribution in [0.4, 0.5) is 23.7 Å². The molecule has 2 unspecified atom stereocenters. The van der Waals surface area contributed by atoms with Crippen LogP contribution in [-0.2, 0) is 0 Å². The van der Waals surface area contributed by atoms with Crippen LogP contribution in [0.25, 0.3) is 0 Å². The number of likely N-dealkylation sites (N-methyl/N-ethyl adjacent to an activating group) is 1. The smallest absolute Gasteiger partial charge is 0.321 e. The zero-order valence-corrected chi connectivity index (χ0v) is 12.8. The number of anilines is 1. The van der Waals surface area contributed by atoms with Gasteiger partial charge >= 0.3 is 12.2 Å². The normalized spacial score (nSPS) is 23.5. The first-order valence-electron chi connectivity index (χ1n) is 7.09. The number of alkyl halides is 3. The predicted octanol–water partition coefficient (Wildman–Crippen LogP) is 3.09. The number of rotatable bonds is 1. The molecule has 1 aromatic rings. The Labute approximate surface area is 127 Å². The van der Waals surface area contributed by atoms with E-state index in [1.165, 1.54) is 16.8 Å². The maximum Gasteiger partial charge on any atom is 0.405 e. The number of hydrogen-bond acceptors (Lipinski definition) is 2. The number of benzene rings is 1. The molecular formula is C15H20F3N3O. The number of aryl methyl sites for hydroxylation is 1. The summed E-state index contributed by atoms with van der Waals surface area (Å²) in [6.07, 6.45) is -4.36. The van der Waals surface area contributed by atoms with E-state index in [9.17, 15) is 18.0 Å². The number of carbonyl (C=O) groups is 1. The lowest BCUT2D eigenvalue weighted by Crippen LogP contribution is -2.62. The van der Waals surface area contributed by atoms with Gasteiger partial charge in [0.15, 0.2) is 0 Å². The molecule has 2 amide bonds. The van der Waals surface area contributed by atoms with Crippen LogP contribution in [0, 0.1) is 6.92 Å². The van der Waals surface area contributed by atoms with Gasteiger partial charge in [-0.2, -0.15) is 13.2 Å². The molecule has 0 bridgehead atoms. The Kier molecular flexibility index (Phi) is 4.65. The fourth-order valence-corrected chi connectivity index (χ4v) is 2.59. The summed E-state index contributed by atoms with van der Waals surface area (Å²) in [7, 11) is 1.44. The van der Waals surface area contributed by atoms with Crippen LogP contribution in [0.2, 0.25) is 0 Å². The highest BCUT2D eigenvalue weighted by atomic mass is 19.4. The van der Waals surface area contributed by atoms with Crippen molar-refractivity contribution in [1.29, 1.82) is 0 Å². The molecule has 1 aliphatic rings. The molecule has 0 spiro atoms. The van der Waals surface area contributed by atoms with Crippen molar-refractivity contribution in [2.45, 2.75) is 32.1 Å². The lowest BCUT2D eigenvalue weighted by atomic mass is 10.1. The molecule has 1 heterocycles. The van der Waals surface area contributed by atoms with Crippen LogP contribution in [0.5, 0.6) is 0 Å². The van der Waals surface area contributed by atoms with E-state index in [0.717, 1.165) is 5.56 Å². The Hall–Kier alpha value is -1.76. The van der Waals surface area contributed by atoms with E-state index in [1.807, 2.05) is 13.0 Å². The topological polar surface area (TPSA) is 35.6 Å². The summed E-state index contributed by atoms with van der Waals surface area (Å²) in [5.41, 5.74) is 1.55. The molecule has 1 N–H and O–H groups in total. The second-order valence-electron chi connectivity index (χ2n) is 5.78. The van der Waals surface area contributed by atoms with Gasteiger partial charge in [0, 0.05) is 24.8 Å². The van der Waals surface area contributed by atoms with E-state index in [0.29, 0.717) is 5.69 Å². The Morgan fingerprint density at radius 1 is 1.32 bits per heavy atom. The molecule has 1 aromatic carbocycles. The van der Waals surface area contributed by atoms with Crippen molar-refractivity contribution in [3.05, 3.63) is 29.8 Å². The van der Waals surface area contributed by atoms with Crippen molar-refractivity contribution in [2.75, 3.05) is 25.5 Å². The van der Waals surface area contributed by atoms with Gasteiger partial charge in [0.1, 0.15) is 6.04 Å². The molecule has 7 heteroatoms. The fourth-order valence-electron chi connectivity index (χ4n) is 2.59. The van der Waals surface area contributed by atoms with E-state index in [1.54, 1.807) is 25.1 Å². The second-order valence-corrected chi connectivity index (χ2v) is 5.78. The van der Waals surface area contributed by atoms with Crippen molar-refractivity contribution in [2.24, 2.45) is 0 Å². The SMILES string of the molecule is Cc1cccc(NC(=O)N2CC(C)N(C)C(C(F)(F)F)C2)c1. The molecular weight excluding hydrogens is 295 g/mol. The second kappa shape index (κ2) is 6.16. The third-order valence-corrected chi connectivity index (χ3v) is 4.00. The summed E-state index contributed by atoms with van der Waals surface area (Å²) in [5.74, 6) is 0. The molecule has 122 valence electrons. The van der Waals surface area contributed by atoms with Crippen molar-refractivity contribution < 1.29 is 18.0 Å². The van der Waals surface area contributed by atoms with Crippen molar-refractivity contribution >= 4 is 11.7 Å². The van der Waals surface area contributed by atoms with Crippen molar-refractivity contribution in [3.63, 3.8) is 0 Å². The molecule has 1 saturated heterocycles. The summed E-state index contributed by atoms with van der Waals surface area (Å²) in [4.78, 5) is 14.7. The number of carbonyl (C=O) groups excluding carboxylic acids is 1. The molecule has 2 rings (SSSR count). The van der Waals surface area contributed by atoms with Crippen LogP contribution in [0.1, 0.15) is 12.5 Å². The van der Waals surface area contributed by atoms with Gasteiger partial charge in [0.05, 0.1) is 0 Å². The Morgan fingerprint density at radius 3 is 2.59 bits per heavy atom. The zero-order chi connectivity index (χ0) is 16.5. The van der Waals surface area contributed by atoms with Crippen LogP contribution >= 0.6 is 0 Å². The van der Waals surface area contributed by atoms with E-state index >= 15 is 0 Å². The summed E-state index contributed by atoms with van der Waals surface area (Å²) >= 11 is 0. The van der Waals surface area contributed by atoms with Crippen molar-refractivity contribution in [1.82, 2.24) is 9.80 Å². The van der Waals surface area contributed by atoms with Crippen LogP contribution < -0.4 is 5.32 Å². The monoisotopic (exact) mass is 315 g/mol. The van der Waals surface area contributed by atoms with Gasteiger partial charge in [-0.05, 0) is 38.6 Å². The third-order valence-electron chi connectivity index (χ3n) is 4.00. The molecule has 0 saturated carbocycles. The zero-order valence-electron chi connectivity index (χ0n) is 12.8. The first-order valence-corrected chi connectivity index (χ1v) is 7.09. The minimum Gasteiger partial charge on any atom is -0.321 e. The van der Waals surface area contributed by atoms with Gasteiger partial charge in [-0.15, -0.1) is 0 Å². The van der Waals surface area contributed by atoms with Gasteiger partial charge in [-0.1, -0.05) is 12.1 Å². The predicted molar refractivity (Wildman–Crippen MR) is 78.8 cm³/mol. The first-order chi connectivity index (χ1) is 10.2. The van der Waals surface area contributed by atoms with E-state index < -0.39 is 18.2 Å². The molecule has 2 atom stereocenters. The number of nitrogens with one attached hydrogen (secondary N) is 1. The van der Waals surface area contributed by atoms with Crippen LogP contribution in [-0.4, -0.2) is 54.2 Å². The quantitative estimate of drug-likeness (QED) is 0.864. The lowest BCUT2D eigenvalue weighted by molar-refractivity contribution is -0.196. The van der Waals surface area contributed by atoms with E-state index in [4.69, 9.17) is 0 Å². The molecule has 0 aliphatic carbocycles. The summed E-state index contributed by atoms with van der Waals surface area (Å²) in [6, 6.07) is 4.66. The van der Waals surface area contributed by atoms with Gasteiger partial charge in [-0.25, -0.2) is 4.79 Å². The average Bonchev–Trinajstić information content (AvgIpc) is 2.40. The van der Waals surface area contributed by atoms with Crippen LogP contribution in [0.15, 0.2) is 24.3 Å². The third kappa shape index (κ3) is 3.71. The number of halogens is 3. The molecule has 22 heavy (non-hydrogen) atoms. The Bertz CT molecular complexity index is 547. The minimum atomic E-state index is -4.36. The largest absolute Gasteiger partial charge is 0.405 e. The summed E-state index contributed by atoms with van der Waals surface area (Å²) in [5, 5.41) is 2.66. The highest BCUT2D eigenvalue weighted by molar-refractivity contribution is 5.89. The number of nitrogens with zero attached hydrogens (tertiary/aromatic N) is 2. The number of urea groups is 1. The molecule has 4 nitrogen and oxygen atoms in total. The Morgan fingerprint density at radius 2 is 2.00 bits per heavy atom. The molecule has 1 fully saturated rings. The standard InChI is InChI=1S/C15H20F3N3O/c1-10-5-4-6-12(7-10)19-14(22)21-8-11(2)20(3)13(9-21)15(16,17)18/h4-7,11,13H,8-9H2,1-3H3,(H,19,22). The number of piperazine rings is 1. The number of hydrogen-bond donors (Lipinski definition) is 1. The maximum atomic E-state index is 13.1. The molecule has 1 aliphatic heterocycles. The molecule has 0 radical (unpaired) electrons. The minimum absolute atomic E-state index is 0.265. The van der Waals surface area contributed by atoms with Gasteiger partial charge < -0.3 is 10.2 Å². The van der Waals surface area contributed by atoms with Gasteiger partial charge in [-0.3, -0.25) is 4.90 Å². The lowest BCUT2D eigenvalue weighted by Gasteiger charge is -2.44. The molecule has 0 aromatic heterocycles. The van der Waals surface area contributed by atoms with Gasteiger partial charge in [0.25, 0.3) is 0 Å². The number of amides is 2. The Balaban J connectivity index is 2.09. The fraction of sp³-hybridized carbons (Fsp3) is 0.533. The average molecular weight is 315 g/mol. The highest BCUT2D eigenvalue weighted by Crippen LogP contribution is 2.29. The first kappa shape index (κ1) is 16.6. The van der Waals surface area contributed by atoms with Crippen LogP contribution in [0.3, 0.4) is 0 Å². The maximum absolute atomic E-state index is 13.1. The summed E-state index contributed by atoms with van der Waals surface area (Å²) in [6.45, 7) is 3.47. The van der Waals surface area contributed by atoms with E-state index in [2.05, 4.69) is 5.32 Å². The summed E-state index contributed by atoms with van der Waals surface area (Å²) < 4.78 is 39.2. The highest BCUT2D eigenvalue weighted by Gasteiger charge is 2.47. The van der Waals surface area contributed by atoms with Gasteiger partial charge in [0.2, 0.25) is 0 Å². The van der Waals surface area contributed by atoms with Crippen molar-refractivity contribution in [3.8, 4) is 0 Å². The van der Waals surface area contributed by atoms with E-state index in [-0.39, 0.29) is 19.1 Å².